The van der Waals surface area contributed by atoms with Crippen LogP contribution < -0.4 is 5.32 Å². The third kappa shape index (κ3) is 5.71. The molecule has 0 aliphatic rings. The Morgan fingerprint density at radius 1 is 1.36 bits per heavy atom. The van der Waals surface area contributed by atoms with E-state index in [1.165, 1.54) is 0 Å². The Bertz CT molecular complexity index is 525. The number of benzene rings is 1. The molecule has 22 heavy (non-hydrogen) atoms. The van der Waals surface area contributed by atoms with Crippen molar-refractivity contribution in [2.45, 2.75) is 38.6 Å². The Labute approximate surface area is 129 Å². The van der Waals surface area contributed by atoms with E-state index < -0.39 is 23.9 Å². The maximum absolute atomic E-state index is 11.5. The Kier molecular flexibility index (Phi) is 6.33. The highest BCUT2D eigenvalue weighted by atomic mass is 16.6. The third-order valence-electron chi connectivity index (χ3n) is 2.73. The van der Waals surface area contributed by atoms with Gasteiger partial charge in [-0.05, 0) is 26.3 Å². The van der Waals surface area contributed by atoms with E-state index in [-0.39, 0.29) is 6.54 Å². The van der Waals surface area contributed by atoms with Crippen LogP contribution in [0.3, 0.4) is 0 Å². The molecule has 0 radical (unpaired) electrons. The summed E-state index contributed by atoms with van der Waals surface area (Å²) in [6.45, 7) is 4.99. The fourth-order valence-electron chi connectivity index (χ4n) is 1.78. The van der Waals surface area contributed by atoms with E-state index in [4.69, 9.17) is 9.94 Å². The summed E-state index contributed by atoms with van der Waals surface area (Å²) < 4.78 is 5.04. The summed E-state index contributed by atoms with van der Waals surface area (Å²) in [5.74, 6) is 0. The minimum absolute atomic E-state index is 0.180. The van der Waals surface area contributed by atoms with Crippen molar-refractivity contribution in [3.63, 3.8) is 0 Å². The number of hydrogen-bond acceptors (Lipinski definition) is 6. The molecule has 0 aromatic heterocycles. The highest BCUT2D eigenvalue weighted by Gasteiger charge is 2.22. The average Bonchev–Trinajstić information content (AvgIpc) is 2.43. The van der Waals surface area contributed by atoms with Gasteiger partial charge in [-0.1, -0.05) is 29.4 Å². The van der Waals surface area contributed by atoms with Crippen molar-refractivity contribution in [1.29, 1.82) is 0 Å². The van der Waals surface area contributed by atoms with Crippen LogP contribution in [0.2, 0.25) is 0 Å². The molecule has 0 saturated carbocycles. The molecule has 0 aliphatic heterocycles. The first-order chi connectivity index (χ1) is 10.2. The lowest BCUT2D eigenvalue weighted by Crippen LogP contribution is -2.39. The lowest BCUT2D eigenvalue weighted by atomic mass is 9.99. The molecule has 122 valence electrons. The molecule has 2 atom stereocenters. The van der Waals surface area contributed by atoms with Gasteiger partial charge in [0.1, 0.15) is 17.8 Å². The van der Waals surface area contributed by atoms with Crippen molar-refractivity contribution in [1.82, 2.24) is 5.32 Å². The number of aliphatic hydroxyl groups excluding tert-OH is 2. The number of ether oxygens (including phenoxy) is 1. The second kappa shape index (κ2) is 7.77. The van der Waals surface area contributed by atoms with E-state index in [2.05, 4.69) is 10.5 Å². The van der Waals surface area contributed by atoms with Gasteiger partial charge in [0.05, 0.1) is 6.21 Å². The number of oxime groups is 1. The molecule has 0 bridgehead atoms. The third-order valence-corrected chi connectivity index (χ3v) is 2.73. The zero-order valence-electron chi connectivity index (χ0n) is 12.9. The molecule has 0 spiro atoms. The lowest BCUT2D eigenvalue weighted by molar-refractivity contribution is 0.0129. The maximum atomic E-state index is 11.5. The number of carbonyl (C=O) groups is 1. The Hall–Kier alpha value is -2.12. The summed E-state index contributed by atoms with van der Waals surface area (Å²) in [7, 11) is 0. The molecular formula is C15H22N2O5. The van der Waals surface area contributed by atoms with Crippen LogP contribution >= 0.6 is 0 Å². The number of amides is 1. The van der Waals surface area contributed by atoms with Crippen molar-refractivity contribution >= 4 is 12.3 Å². The molecule has 1 amide bonds. The van der Waals surface area contributed by atoms with Gasteiger partial charge in [-0.2, -0.15) is 0 Å². The summed E-state index contributed by atoms with van der Waals surface area (Å²) in [5.41, 5.74) is 0.213. The predicted octanol–water partition coefficient (Wildman–Crippen LogP) is 1.41. The van der Waals surface area contributed by atoms with Crippen LogP contribution in [-0.2, 0) is 4.74 Å². The van der Waals surface area contributed by atoms with Gasteiger partial charge in [0.25, 0.3) is 0 Å². The Morgan fingerprint density at radius 2 is 2.00 bits per heavy atom. The second-order valence-electron chi connectivity index (χ2n) is 5.77. The first-order valence-corrected chi connectivity index (χ1v) is 6.84. The fourth-order valence-corrected chi connectivity index (χ4v) is 1.78. The number of nitrogens with zero attached hydrogens (tertiary/aromatic N) is 1. The van der Waals surface area contributed by atoms with Crippen LogP contribution in [0.1, 0.15) is 38.0 Å². The quantitative estimate of drug-likeness (QED) is 0.373. The molecule has 0 aliphatic carbocycles. The molecule has 7 nitrogen and oxygen atoms in total. The monoisotopic (exact) mass is 310 g/mol. The van der Waals surface area contributed by atoms with Crippen molar-refractivity contribution in [3.05, 3.63) is 35.4 Å². The molecule has 0 saturated heterocycles. The van der Waals surface area contributed by atoms with Gasteiger partial charge >= 0.3 is 6.09 Å². The number of aliphatic hydroxyl groups is 2. The number of carbonyl (C=O) groups excluding carboxylic acids is 1. The Morgan fingerprint density at radius 3 is 2.59 bits per heavy atom. The SMILES string of the molecule is CC(C)(C)OC(=O)NCC(O)C(O)c1ccccc1C=NO. The number of nitrogens with one attached hydrogen (secondary N) is 1. The average molecular weight is 310 g/mol. The molecule has 4 N–H and O–H groups in total. The lowest BCUT2D eigenvalue weighted by Gasteiger charge is -2.22. The minimum Gasteiger partial charge on any atom is -0.444 e. The van der Waals surface area contributed by atoms with E-state index in [1.807, 2.05) is 0 Å². The first kappa shape index (κ1) is 17.9. The van der Waals surface area contributed by atoms with Gasteiger partial charge in [-0.15, -0.1) is 0 Å². The summed E-state index contributed by atoms with van der Waals surface area (Å²) in [4.78, 5) is 11.5. The largest absolute Gasteiger partial charge is 0.444 e. The summed E-state index contributed by atoms with van der Waals surface area (Å²) in [6.07, 6.45) is -2.00. The maximum Gasteiger partial charge on any atom is 0.407 e. The molecule has 1 aromatic carbocycles. The predicted molar refractivity (Wildman–Crippen MR) is 81.0 cm³/mol. The van der Waals surface area contributed by atoms with E-state index in [0.29, 0.717) is 11.1 Å². The normalized spacial score (nSPS) is 14.6. The molecule has 0 fully saturated rings. The van der Waals surface area contributed by atoms with Crippen molar-refractivity contribution in [2.24, 2.45) is 5.16 Å². The molecule has 7 heteroatoms. The molecule has 2 unspecified atom stereocenters. The molecular weight excluding hydrogens is 288 g/mol. The zero-order chi connectivity index (χ0) is 16.8. The van der Waals surface area contributed by atoms with E-state index in [9.17, 15) is 15.0 Å². The van der Waals surface area contributed by atoms with Crippen molar-refractivity contribution in [3.8, 4) is 0 Å². The first-order valence-electron chi connectivity index (χ1n) is 6.84. The van der Waals surface area contributed by atoms with Crippen molar-refractivity contribution < 1.29 is 25.0 Å². The molecule has 1 rings (SSSR count). The van der Waals surface area contributed by atoms with E-state index >= 15 is 0 Å². The van der Waals surface area contributed by atoms with Crippen LogP contribution in [0.5, 0.6) is 0 Å². The van der Waals surface area contributed by atoms with Gasteiger partial charge in [-0.3, -0.25) is 0 Å². The molecule has 1 aromatic rings. The fraction of sp³-hybridized carbons (Fsp3) is 0.467. The van der Waals surface area contributed by atoms with Gasteiger partial charge in [0.15, 0.2) is 0 Å². The van der Waals surface area contributed by atoms with Crippen molar-refractivity contribution in [2.75, 3.05) is 6.54 Å². The van der Waals surface area contributed by atoms with Crippen LogP contribution in [0.25, 0.3) is 0 Å². The Balaban J connectivity index is 2.66. The summed E-state index contributed by atoms with van der Waals surface area (Å²) in [5, 5.41) is 34.0. The summed E-state index contributed by atoms with van der Waals surface area (Å²) in [6, 6.07) is 6.62. The standard InChI is InChI=1S/C15H22N2O5/c1-15(2,3)22-14(20)16-9-12(18)13(19)11-7-5-4-6-10(11)8-17-21/h4-8,12-13,18-19,21H,9H2,1-3H3,(H,16,20). The van der Waals surface area contributed by atoms with Gasteiger partial charge < -0.3 is 25.5 Å². The van der Waals surface area contributed by atoms with Crippen LogP contribution in [0.4, 0.5) is 4.79 Å². The van der Waals surface area contributed by atoms with Gasteiger partial charge in [-0.25, -0.2) is 4.79 Å². The van der Waals surface area contributed by atoms with Crippen LogP contribution in [0.15, 0.2) is 29.4 Å². The van der Waals surface area contributed by atoms with Gasteiger partial charge in [0.2, 0.25) is 0 Å². The number of rotatable bonds is 5. The smallest absolute Gasteiger partial charge is 0.407 e. The minimum atomic E-state index is -1.25. The highest BCUT2D eigenvalue weighted by molar-refractivity contribution is 5.81. The van der Waals surface area contributed by atoms with Gasteiger partial charge in [0, 0.05) is 12.1 Å². The summed E-state index contributed by atoms with van der Waals surface area (Å²) >= 11 is 0. The molecule has 0 heterocycles. The van der Waals surface area contributed by atoms with E-state index in [0.717, 1.165) is 6.21 Å². The second-order valence-corrected chi connectivity index (χ2v) is 5.77. The van der Waals surface area contributed by atoms with E-state index in [1.54, 1.807) is 45.0 Å². The number of alkyl carbamates (subject to hydrolysis) is 1. The number of hydrogen-bond donors (Lipinski definition) is 4. The zero-order valence-corrected chi connectivity index (χ0v) is 12.9. The topological polar surface area (TPSA) is 111 Å². The highest BCUT2D eigenvalue weighted by Crippen LogP contribution is 2.20. The van der Waals surface area contributed by atoms with Crippen LogP contribution in [0, 0.1) is 0 Å². The van der Waals surface area contributed by atoms with Crippen LogP contribution in [-0.4, -0.2) is 46.0 Å².